The van der Waals surface area contributed by atoms with Crippen molar-refractivity contribution in [3.05, 3.63) is 57.6 Å². The molecule has 0 amide bonds. The van der Waals surface area contributed by atoms with Gasteiger partial charge in [0.1, 0.15) is 10.7 Å². The molecule has 10 heteroatoms. The minimum atomic E-state index is -3.63. The first-order valence-electron chi connectivity index (χ1n) is 9.00. The molecule has 0 fully saturated rings. The van der Waals surface area contributed by atoms with Crippen LogP contribution in [0.3, 0.4) is 0 Å². The van der Waals surface area contributed by atoms with Gasteiger partial charge in [-0.15, -0.1) is 0 Å². The van der Waals surface area contributed by atoms with Crippen LogP contribution < -0.4 is 5.73 Å². The van der Waals surface area contributed by atoms with E-state index in [1.54, 1.807) is 23.9 Å². The van der Waals surface area contributed by atoms with E-state index < -0.39 is 10.0 Å². The van der Waals surface area contributed by atoms with Crippen LogP contribution in [-0.2, 0) is 34.3 Å². The van der Waals surface area contributed by atoms with Crippen molar-refractivity contribution in [3.8, 4) is 0 Å². The Labute approximate surface area is 175 Å². The van der Waals surface area contributed by atoms with Crippen LogP contribution in [-0.4, -0.2) is 50.3 Å². The zero-order valence-electron chi connectivity index (χ0n) is 17.1. The van der Waals surface area contributed by atoms with Crippen molar-refractivity contribution in [1.29, 1.82) is 0 Å². The molecular weight excluding hydrogens is 419 g/mol. The van der Waals surface area contributed by atoms with E-state index in [0.29, 0.717) is 18.7 Å². The van der Waals surface area contributed by atoms with Gasteiger partial charge in [-0.1, -0.05) is 17.7 Å². The number of allylic oxidation sites excluding steroid dienone is 1. The van der Waals surface area contributed by atoms with Gasteiger partial charge in [0.2, 0.25) is 10.0 Å². The Morgan fingerprint density at radius 1 is 1.41 bits per heavy atom. The van der Waals surface area contributed by atoms with Gasteiger partial charge in [-0.25, -0.2) is 17.1 Å². The van der Waals surface area contributed by atoms with Crippen LogP contribution in [0.1, 0.15) is 22.5 Å². The molecule has 0 saturated carbocycles. The van der Waals surface area contributed by atoms with Crippen LogP contribution in [0.4, 0.5) is 4.39 Å². The lowest BCUT2D eigenvalue weighted by Gasteiger charge is -2.13. The van der Waals surface area contributed by atoms with Gasteiger partial charge in [-0.3, -0.25) is 4.68 Å². The van der Waals surface area contributed by atoms with Crippen molar-refractivity contribution >= 4 is 21.6 Å². The molecule has 1 aromatic heterocycles. The number of quaternary nitrogens is 1. The van der Waals surface area contributed by atoms with E-state index in [1.165, 1.54) is 26.2 Å². The highest BCUT2D eigenvalue weighted by Crippen LogP contribution is 2.27. The third-order valence-electron chi connectivity index (χ3n) is 4.50. The molecule has 0 aliphatic carbocycles. The fraction of sp³-hybridized carbons (Fsp3) is 0.421. The van der Waals surface area contributed by atoms with E-state index in [1.807, 2.05) is 6.92 Å². The largest absolute Gasteiger partial charge is 0.378 e. The number of sulfonamides is 1. The minimum Gasteiger partial charge on any atom is -0.378 e. The predicted molar refractivity (Wildman–Crippen MR) is 110 cm³/mol. The van der Waals surface area contributed by atoms with Crippen molar-refractivity contribution < 1.29 is 23.3 Å². The summed E-state index contributed by atoms with van der Waals surface area (Å²) in [6.45, 7) is 2.54. The number of hydrogen-bond donors (Lipinski definition) is 1. The van der Waals surface area contributed by atoms with E-state index in [2.05, 4.69) is 10.8 Å². The Hall–Kier alpha value is -1.78. The second-order valence-corrected chi connectivity index (χ2v) is 9.30. The Morgan fingerprint density at radius 3 is 2.66 bits per heavy atom. The lowest BCUT2D eigenvalue weighted by atomic mass is 10.0. The van der Waals surface area contributed by atoms with Crippen LogP contribution >= 0.6 is 11.6 Å². The van der Waals surface area contributed by atoms with Crippen molar-refractivity contribution in [2.24, 2.45) is 0 Å². The molecule has 0 bridgehead atoms. The zero-order chi connectivity index (χ0) is 21.8. The number of benzene rings is 1. The van der Waals surface area contributed by atoms with Crippen molar-refractivity contribution in [3.63, 3.8) is 0 Å². The van der Waals surface area contributed by atoms with E-state index >= 15 is 0 Å². The summed E-state index contributed by atoms with van der Waals surface area (Å²) in [5, 5.41) is 4.63. The molecule has 1 aromatic carbocycles. The highest BCUT2D eigenvalue weighted by Gasteiger charge is 2.22. The molecule has 0 unspecified atom stereocenters. The summed E-state index contributed by atoms with van der Waals surface area (Å²) in [6.07, 6.45) is 1.88. The maximum Gasteiger partial charge on any atom is 0.244 e. The SMILES string of the molecule is COCc1nn(C/C(F)=C/C[NH3+])c(C)c1Cc1ccc(S(=O)(=O)N(C)C)c(Cl)c1. The summed E-state index contributed by atoms with van der Waals surface area (Å²) < 4.78 is 46.6. The summed E-state index contributed by atoms with van der Waals surface area (Å²) in [7, 11) is 0.853. The first-order valence-corrected chi connectivity index (χ1v) is 10.8. The molecule has 0 aliphatic heterocycles. The van der Waals surface area contributed by atoms with Gasteiger partial charge in [0.05, 0.1) is 30.4 Å². The van der Waals surface area contributed by atoms with Gasteiger partial charge >= 0.3 is 0 Å². The average molecular weight is 446 g/mol. The zero-order valence-corrected chi connectivity index (χ0v) is 18.6. The van der Waals surface area contributed by atoms with Crippen molar-refractivity contribution in [1.82, 2.24) is 14.1 Å². The number of methoxy groups -OCH3 is 1. The van der Waals surface area contributed by atoms with Gasteiger partial charge in [-0.05, 0) is 24.6 Å². The third-order valence-corrected chi connectivity index (χ3v) is 6.80. The first-order chi connectivity index (χ1) is 13.6. The first kappa shape index (κ1) is 23.5. The van der Waals surface area contributed by atoms with Crippen LogP contribution in [0.2, 0.25) is 5.02 Å². The van der Waals surface area contributed by atoms with Crippen molar-refractivity contribution in [2.45, 2.75) is 31.4 Å². The lowest BCUT2D eigenvalue weighted by molar-refractivity contribution is -0.353. The second kappa shape index (κ2) is 9.82. The number of aromatic nitrogens is 2. The molecule has 1 heterocycles. The lowest BCUT2D eigenvalue weighted by Crippen LogP contribution is -2.49. The van der Waals surface area contributed by atoms with Gasteiger partial charge < -0.3 is 10.5 Å². The minimum absolute atomic E-state index is 0.0266. The Bertz CT molecular complexity index is 1000. The van der Waals surface area contributed by atoms with E-state index in [4.69, 9.17) is 16.3 Å². The number of rotatable bonds is 9. The maximum absolute atomic E-state index is 13.9. The molecule has 7 nitrogen and oxygen atoms in total. The summed E-state index contributed by atoms with van der Waals surface area (Å²) in [5.41, 5.74) is 6.85. The molecule has 0 atom stereocenters. The second-order valence-electron chi connectivity index (χ2n) is 6.77. The molecule has 2 rings (SSSR count). The summed E-state index contributed by atoms with van der Waals surface area (Å²) in [6, 6.07) is 4.85. The molecule has 0 aliphatic rings. The number of hydrogen-bond acceptors (Lipinski definition) is 4. The quantitative estimate of drug-likeness (QED) is 0.638. The van der Waals surface area contributed by atoms with Gasteiger partial charge in [0, 0.05) is 45.0 Å². The van der Waals surface area contributed by atoms with E-state index in [9.17, 15) is 12.8 Å². The van der Waals surface area contributed by atoms with E-state index in [0.717, 1.165) is 21.1 Å². The molecule has 29 heavy (non-hydrogen) atoms. The van der Waals surface area contributed by atoms with Crippen molar-refractivity contribution in [2.75, 3.05) is 27.7 Å². The normalized spacial score (nSPS) is 12.8. The molecule has 0 spiro atoms. The van der Waals surface area contributed by atoms with Gasteiger partial charge in [-0.2, -0.15) is 5.10 Å². The Morgan fingerprint density at radius 2 is 2.10 bits per heavy atom. The highest BCUT2D eigenvalue weighted by atomic mass is 35.5. The van der Waals surface area contributed by atoms with Crippen LogP contribution in [0.15, 0.2) is 35.0 Å². The van der Waals surface area contributed by atoms with Crippen LogP contribution in [0, 0.1) is 6.92 Å². The fourth-order valence-corrected chi connectivity index (χ4v) is 4.35. The van der Waals surface area contributed by atoms with Gasteiger partial charge in [0.25, 0.3) is 0 Å². The number of nitrogens with zero attached hydrogens (tertiary/aromatic N) is 3. The molecule has 3 N–H and O–H groups in total. The molecule has 160 valence electrons. The average Bonchev–Trinajstić information content (AvgIpc) is 2.91. The topological polar surface area (TPSA) is 92.1 Å². The standard InChI is InChI=1S/C19H26ClFN4O3S/c1-13-16(18(12-28-4)23-25(13)11-15(21)7-8-22)9-14-5-6-19(17(20)10-14)29(26,27)24(2)3/h5-7,10H,8-9,11-12,22H2,1-4H3/p+1/b15-7-. The fourth-order valence-electron chi connectivity index (χ4n) is 2.91. The molecule has 2 aromatic rings. The summed E-state index contributed by atoms with van der Waals surface area (Å²) >= 11 is 6.26. The highest BCUT2D eigenvalue weighted by molar-refractivity contribution is 7.89. The molecule has 0 saturated heterocycles. The monoisotopic (exact) mass is 445 g/mol. The number of ether oxygens (including phenoxy) is 1. The maximum atomic E-state index is 13.9. The predicted octanol–water partition coefficient (Wildman–Crippen LogP) is 1.93. The molecule has 0 radical (unpaired) electrons. The Kier molecular flexibility index (Phi) is 7.95. The van der Waals surface area contributed by atoms with E-state index in [-0.39, 0.29) is 28.9 Å². The molecular formula is C19H27ClFN4O3S+. The summed E-state index contributed by atoms with van der Waals surface area (Å²) in [4.78, 5) is 0.0535. The third kappa shape index (κ3) is 5.43. The van der Waals surface area contributed by atoms with Gasteiger partial charge in [0.15, 0.2) is 0 Å². The van der Waals surface area contributed by atoms with Crippen LogP contribution in [0.25, 0.3) is 0 Å². The number of halogens is 2. The smallest absolute Gasteiger partial charge is 0.244 e. The Balaban J connectivity index is 2.39. The van der Waals surface area contributed by atoms with Crippen LogP contribution in [0.5, 0.6) is 0 Å². The summed E-state index contributed by atoms with van der Waals surface area (Å²) in [5.74, 6) is -0.303.